The molecule has 102 valence electrons. The van der Waals surface area contributed by atoms with Crippen LogP contribution in [-0.2, 0) is 0 Å². The van der Waals surface area contributed by atoms with Gasteiger partial charge in [0.15, 0.2) is 0 Å². The van der Waals surface area contributed by atoms with Crippen molar-refractivity contribution in [3.05, 3.63) is 72.8 Å². The first-order valence-corrected chi connectivity index (χ1v) is 9.00. The summed E-state index contributed by atoms with van der Waals surface area (Å²) in [5.41, 5.74) is 1.82. The Morgan fingerprint density at radius 2 is 1.43 bits per heavy atom. The SMILES string of the molecule is ClP(c1ccccc1)c1cccc2c1oc1ccccc12. The van der Waals surface area contributed by atoms with Gasteiger partial charge in [-0.1, -0.05) is 71.9 Å². The molecule has 1 nitrogen and oxygen atoms in total. The maximum atomic E-state index is 6.74. The maximum absolute atomic E-state index is 6.74. The lowest BCUT2D eigenvalue weighted by Gasteiger charge is -2.10. The molecule has 0 saturated carbocycles. The molecule has 4 aromatic rings. The molecule has 0 saturated heterocycles. The molecule has 4 rings (SSSR count). The Morgan fingerprint density at radius 1 is 0.714 bits per heavy atom. The quantitative estimate of drug-likeness (QED) is 0.465. The van der Waals surface area contributed by atoms with Gasteiger partial charge < -0.3 is 4.42 Å². The van der Waals surface area contributed by atoms with Crippen LogP contribution in [-0.4, -0.2) is 0 Å². The fourth-order valence-corrected chi connectivity index (χ4v) is 4.60. The van der Waals surface area contributed by atoms with Crippen molar-refractivity contribution in [2.75, 3.05) is 0 Å². The van der Waals surface area contributed by atoms with Gasteiger partial charge in [0.1, 0.15) is 11.2 Å². The van der Waals surface area contributed by atoms with E-state index < -0.39 is 7.27 Å². The Balaban J connectivity index is 1.97. The molecule has 0 aliphatic carbocycles. The largest absolute Gasteiger partial charge is 0.455 e. The lowest BCUT2D eigenvalue weighted by molar-refractivity contribution is 0.671. The number of para-hydroxylation sites is 2. The molecule has 0 radical (unpaired) electrons. The molecule has 21 heavy (non-hydrogen) atoms. The van der Waals surface area contributed by atoms with Crippen LogP contribution in [0.1, 0.15) is 0 Å². The molecule has 1 unspecified atom stereocenters. The summed E-state index contributed by atoms with van der Waals surface area (Å²) >= 11 is 6.74. The summed E-state index contributed by atoms with van der Waals surface area (Å²) in [6.45, 7) is 0. The fourth-order valence-electron chi connectivity index (χ4n) is 2.58. The molecule has 1 atom stereocenters. The Bertz CT molecular complexity index is 914. The normalized spacial score (nSPS) is 12.8. The van der Waals surface area contributed by atoms with Crippen LogP contribution in [0, 0.1) is 0 Å². The second kappa shape index (κ2) is 5.18. The second-order valence-corrected chi connectivity index (χ2v) is 7.44. The predicted octanol–water partition coefficient (Wildman–Crippen LogP) is 5.17. The van der Waals surface area contributed by atoms with E-state index in [-0.39, 0.29) is 0 Å². The number of rotatable bonds is 2. The molecule has 0 aliphatic rings. The van der Waals surface area contributed by atoms with Crippen molar-refractivity contribution in [2.45, 2.75) is 0 Å². The lowest BCUT2D eigenvalue weighted by atomic mass is 10.1. The van der Waals surface area contributed by atoms with E-state index >= 15 is 0 Å². The predicted molar refractivity (Wildman–Crippen MR) is 92.2 cm³/mol. The number of hydrogen-bond acceptors (Lipinski definition) is 1. The average Bonchev–Trinajstić information content (AvgIpc) is 2.94. The molecular formula is C18H12ClOP. The standard InChI is InChI=1S/C18H12ClOP/c19-21(13-7-2-1-3-8-13)17-12-6-10-15-14-9-4-5-11-16(14)20-18(15)17/h1-12H. The first-order valence-electron chi connectivity index (χ1n) is 6.76. The minimum absolute atomic E-state index is 0.906. The van der Waals surface area contributed by atoms with Gasteiger partial charge in [-0.3, -0.25) is 0 Å². The van der Waals surface area contributed by atoms with Crippen molar-refractivity contribution in [1.29, 1.82) is 0 Å². The van der Waals surface area contributed by atoms with Crippen LogP contribution < -0.4 is 10.6 Å². The van der Waals surface area contributed by atoms with E-state index in [1.165, 1.54) is 0 Å². The van der Waals surface area contributed by atoms with Gasteiger partial charge in [0.25, 0.3) is 0 Å². The van der Waals surface area contributed by atoms with Gasteiger partial charge in [0.05, 0.1) is 7.27 Å². The first-order chi connectivity index (χ1) is 10.3. The van der Waals surface area contributed by atoms with Crippen LogP contribution >= 0.6 is 18.5 Å². The van der Waals surface area contributed by atoms with Crippen LogP contribution in [0.3, 0.4) is 0 Å². The van der Waals surface area contributed by atoms with E-state index in [1.54, 1.807) is 0 Å². The minimum atomic E-state index is -0.929. The molecular weight excluding hydrogens is 299 g/mol. The molecule has 3 aromatic carbocycles. The number of halogens is 1. The monoisotopic (exact) mass is 310 g/mol. The second-order valence-electron chi connectivity index (χ2n) is 4.87. The summed E-state index contributed by atoms with van der Waals surface area (Å²) < 4.78 is 6.06. The van der Waals surface area contributed by atoms with E-state index in [1.807, 2.05) is 36.4 Å². The molecule has 0 fully saturated rings. The number of benzene rings is 3. The van der Waals surface area contributed by atoms with Crippen molar-refractivity contribution < 1.29 is 4.42 Å². The van der Waals surface area contributed by atoms with Crippen LogP contribution in [0.2, 0.25) is 0 Å². The third-order valence-corrected chi connectivity index (χ3v) is 6.24. The lowest BCUT2D eigenvalue weighted by Crippen LogP contribution is -2.08. The van der Waals surface area contributed by atoms with Crippen molar-refractivity contribution in [3.8, 4) is 0 Å². The van der Waals surface area contributed by atoms with Gasteiger partial charge in [-0.15, -0.1) is 0 Å². The molecule has 0 N–H and O–H groups in total. The van der Waals surface area contributed by atoms with Gasteiger partial charge in [0, 0.05) is 16.1 Å². The third kappa shape index (κ3) is 2.14. The number of furan rings is 1. The number of hydrogen-bond donors (Lipinski definition) is 0. The summed E-state index contributed by atoms with van der Waals surface area (Å²) in [6.07, 6.45) is 0. The highest BCUT2D eigenvalue weighted by Crippen LogP contribution is 2.42. The van der Waals surface area contributed by atoms with Crippen molar-refractivity contribution in [1.82, 2.24) is 0 Å². The van der Waals surface area contributed by atoms with E-state index in [0.29, 0.717) is 0 Å². The fraction of sp³-hybridized carbons (Fsp3) is 0. The van der Waals surface area contributed by atoms with Crippen LogP contribution in [0.5, 0.6) is 0 Å². The van der Waals surface area contributed by atoms with Crippen LogP contribution in [0.4, 0.5) is 0 Å². The van der Waals surface area contributed by atoms with Gasteiger partial charge in [-0.2, -0.15) is 0 Å². The average molecular weight is 311 g/mol. The Kier molecular flexibility index (Phi) is 3.18. The van der Waals surface area contributed by atoms with E-state index in [9.17, 15) is 0 Å². The highest BCUT2D eigenvalue weighted by atomic mass is 35.7. The zero-order valence-electron chi connectivity index (χ0n) is 11.2. The summed E-state index contributed by atoms with van der Waals surface area (Å²) in [5, 5.41) is 4.49. The Hall–Kier alpha value is -1.82. The summed E-state index contributed by atoms with van der Waals surface area (Å²) in [4.78, 5) is 0. The van der Waals surface area contributed by atoms with Crippen molar-refractivity contribution >= 4 is 51.1 Å². The summed E-state index contributed by atoms with van der Waals surface area (Å²) in [5.74, 6) is 0. The van der Waals surface area contributed by atoms with Crippen molar-refractivity contribution in [3.63, 3.8) is 0 Å². The highest BCUT2D eigenvalue weighted by molar-refractivity contribution is 7.96. The highest BCUT2D eigenvalue weighted by Gasteiger charge is 2.17. The van der Waals surface area contributed by atoms with Gasteiger partial charge in [0.2, 0.25) is 0 Å². The molecule has 0 bridgehead atoms. The molecule has 3 heteroatoms. The van der Waals surface area contributed by atoms with E-state index in [0.717, 1.165) is 32.5 Å². The molecule has 0 aliphatic heterocycles. The molecule has 0 amide bonds. The third-order valence-electron chi connectivity index (χ3n) is 3.58. The van der Waals surface area contributed by atoms with Crippen LogP contribution in [0.15, 0.2) is 77.2 Å². The van der Waals surface area contributed by atoms with E-state index in [2.05, 4.69) is 36.4 Å². The Labute approximate surface area is 128 Å². The Morgan fingerprint density at radius 3 is 2.29 bits per heavy atom. The molecule has 0 spiro atoms. The summed E-state index contributed by atoms with van der Waals surface area (Å²) in [6, 6.07) is 24.5. The zero-order chi connectivity index (χ0) is 14.2. The zero-order valence-corrected chi connectivity index (χ0v) is 12.8. The van der Waals surface area contributed by atoms with E-state index in [4.69, 9.17) is 15.7 Å². The molecule has 1 aromatic heterocycles. The van der Waals surface area contributed by atoms with Gasteiger partial charge >= 0.3 is 0 Å². The topological polar surface area (TPSA) is 13.1 Å². The van der Waals surface area contributed by atoms with Crippen molar-refractivity contribution in [2.24, 2.45) is 0 Å². The number of fused-ring (bicyclic) bond motifs is 3. The minimum Gasteiger partial charge on any atom is -0.455 e. The smallest absolute Gasteiger partial charge is 0.144 e. The first kappa shape index (κ1) is 12.9. The summed E-state index contributed by atoms with van der Waals surface area (Å²) in [7, 11) is -0.929. The maximum Gasteiger partial charge on any atom is 0.144 e. The van der Waals surface area contributed by atoms with Gasteiger partial charge in [-0.25, -0.2) is 0 Å². The van der Waals surface area contributed by atoms with Gasteiger partial charge in [-0.05, 0) is 17.4 Å². The molecule has 1 heterocycles. The van der Waals surface area contributed by atoms with Crippen LogP contribution in [0.25, 0.3) is 21.9 Å².